The molecule has 0 aliphatic heterocycles. The van der Waals surface area contributed by atoms with Crippen molar-refractivity contribution in [2.45, 2.75) is 11.3 Å². The molecular weight excluding hydrogens is 433 g/mol. The molecule has 2 N–H and O–H groups in total. The number of hydrogen-bond donors (Lipinski definition) is 2. The average Bonchev–Trinajstić information content (AvgIpc) is 2.53. The summed E-state index contributed by atoms with van der Waals surface area (Å²) in [6.45, 7) is -0.568. The molecular formula is C17H18ClFNO6S2+. The highest BCUT2D eigenvalue weighted by molar-refractivity contribution is 7.95. The fourth-order valence-electron chi connectivity index (χ4n) is 2.40. The van der Waals surface area contributed by atoms with E-state index in [2.05, 4.69) is 0 Å². The number of carbonyl (C=O) groups excluding carboxylic acids is 1. The normalized spacial score (nSPS) is 13.6. The Hall–Kier alpha value is -2.01. The van der Waals surface area contributed by atoms with Gasteiger partial charge in [0, 0.05) is 18.2 Å². The lowest BCUT2D eigenvalue weighted by atomic mass is 10.0. The molecule has 2 aromatic rings. The number of halogens is 2. The Morgan fingerprint density at radius 2 is 1.96 bits per heavy atom. The van der Waals surface area contributed by atoms with Crippen LogP contribution in [0.15, 0.2) is 41.3 Å². The van der Waals surface area contributed by atoms with E-state index >= 15 is 0 Å². The molecule has 0 aromatic heterocycles. The van der Waals surface area contributed by atoms with Gasteiger partial charge in [-0.25, -0.2) is 12.8 Å². The van der Waals surface area contributed by atoms with Crippen LogP contribution < -0.4 is 9.46 Å². The Morgan fingerprint density at radius 1 is 1.29 bits per heavy atom. The van der Waals surface area contributed by atoms with Crippen LogP contribution in [0.25, 0.3) is 0 Å². The van der Waals surface area contributed by atoms with Crippen molar-refractivity contribution < 1.29 is 31.1 Å². The van der Waals surface area contributed by atoms with E-state index in [0.717, 1.165) is 18.6 Å². The molecule has 0 fully saturated rings. The Kier molecular flexibility index (Phi) is 6.81. The molecule has 152 valence electrons. The summed E-state index contributed by atoms with van der Waals surface area (Å²) in [6, 6.07) is 8.08. The Labute approximate surface area is 168 Å². The Balaban J connectivity index is 2.29. The highest BCUT2D eigenvalue weighted by Crippen LogP contribution is 2.30. The van der Waals surface area contributed by atoms with Crippen molar-refractivity contribution in [2.24, 2.45) is 0 Å². The van der Waals surface area contributed by atoms with Gasteiger partial charge >= 0.3 is 16.3 Å². The lowest BCUT2D eigenvalue weighted by Gasteiger charge is -2.13. The molecule has 1 atom stereocenters. The molecule has 0 saturated heterocycles. The smallest absolute Gasteiger partial charge is 0.310 e. The minimum absolute atomic E-state index is 0.0176. The van der Waals surface area contributed by atoms with Crippen molar-refractivity contribution in [3.63, 3.8) is 0 Å². The fraction of sp³-hybridized carbons (Fsp3) is 0.235. The van der Waals surface area contributed by atoms with E-state index in [1.807, 2.05) is 4.72 Å². The lowest BCUT2D eigenvalue weighted by Crippen LogP contribution is -2.37. The monoisotopic (exact) mass is 450 g/mol. The van der Waals surface area contributed by atoms with E-state index in [4.69, 9.17) is 20.9 Å². The molecule has 0 saturated carbocycles. The first kappa shape index (κ1) is 22.3. The largest absolute Gasteiger partial charge is 0.483 e. The van der Waals surface area contributed by atoms with Crippen LogP contribution in [-0.4, -0.2) is 38.0 Å². The number of ether oxygens (including phenoxy) is 1. The molecule has 0 radical (unpaired) electrons. The molecule has 2 rings (SSSR count). The molecule has 1 unspecified atom stereocenters. The van der Waals surface area contributed by atoms with Crippen LogP contribution in [0.2, 0.25) is 5.02 Å². The summed E-state index contributed by atoms with van der Waals surface area (Å²) in [7, 11) is -7.03. The van der Waals surface area contributed by atoms with Crippen molar-refractivity contribution >= 4 is 37.7 Å². The van der Waals surface area contributed by atoms with Crippen LogP contribution in [0.1, 0.15) is 11.1 Å². The molecule has 0 aliphatic rings. The first-order valence-electron chi connectivity index (χ1n) is 7.77. The van der Waals surface area contributed by atoms with Gasteiger partial charge < -0.3 is 4.74 Å². The van der Waals surface area contributed by atoms with Crippen molar-refractivity contribution in [3.8, 4) is 5.75 Å². The summed E-state index contributed by atoms with van der Waals surface area (Å²) < 4.78 is 64.8. The summed E-state index contributed by atoms with van der Waals surface area (Å²) in [5.74, 6) is -1.24. The van der Waals surface area contributed by atoms with E-state index in [-0.39, 0.29) is 22.1 Å². The zero-order valence-electron chi connectivity index (χ0n) is 14.9. The molecule has 1 amide bonds. The van der Waals surface area contributed by atoms with Crippen molar-refractivity contribution in [1.29, 1.82) is 0 Å². The van der Waals surface area contributed by atoms with Crippen LogP contribution in [0.4, 0.5) is 4.39 Å². The number of benzene rings is 2. The average molecular weight is 451 g/mol. The topological polar surface area (TPSA) is 110 Å². The van der Waals surface area contributed by atoms with Gasteiger partial charge in [0.15, 0.2) is 22.7 Å². The first-order chi connectivity index (χ1) is 12.9. The Bertz CT molecular complexity index is 1050. The zero-order valence-corrected chi connectivity index (χ0v) is 17.3. The van der Waals surface area contributed by atoms with Gasteiger partial charge in [-0.3, -0.25) is 4.79 Å². The third-order valence-electron chi connectivity index (χ3n) is 3.51. The summed E-state index contributed by atoms with van der Waals surface area (Å²) in [4.78, 5) is 11.6. The molecule has 0 spiro atoms. The van der Waals surface area contributed by atoms with Crippen molar-refractivity contribution in [2.75, 3.05) is 19.1 Å². The number of nitrogens with one attached hydrogen (secondary N) is 1. The fourth-order valence-corrected chi connectivity index (χ4v) is 4.27. The third kappa shape index (κ3) is 6.26. The number of rotatable bonds is 7. The van der Waals surface area contributed by atoms with Gasteiger partial charge in [-0.2, -0.15) is 4.55 Å². The predicted molar refractivity (Wildman–Crippen MR) is 104 cm³/mol. The van der Waals surface area contributed by atoms with Crippen LogP contribution in [0.3, 0.4) is 0 Å². The first-order valence-corrected chi connectivity index (χ1v) is 12.0. The maximum Gasteiger partial charge on any atom is 0.310 e. The highest BCUT2D eigenvalue weighted by Gasteiger charge is 2.21. The van der Waals surface area contributed by atoms with E-state index in [9.17, 15) is 21.8 Å². The van der Waals surface area contributed by atoms with Crippen LogP contribution >= 0.6 is 11.6 Å². The van der Waals surface area contributed by atoms with Crippen molar-refractivity contribution in [3.05, 3.63) is 58.4 Å². The highest BCUT2D eigenvalue weighted by atomic mass is 35.5. The summed E-state index contributed by atoms with van der Waals surface area (Å²) >= 11 is 6.20. The molecule has 0 heterocycles. The number of carbonyl (C=O) groups is 1. The molecule has 0 aliphatic carbocycles. The summed E-state index contributed by atoms with van der Waals surface area (Å²) in [5, 5.41) is 0.0176. The zero-order chi connectivity index (χ0) is 21.1. The van der Waals surface area contributed by atoms with Crippen LogP contribution in [0, 0.1) is 5.82 Å². The van der Waals surface area contributed by atoms with Gasteiger partial charge in [0.25, 0.3) is 0 Å². The molecule has 2 aromatic carbocycles. The molecule has 7 nitrogen and oxygen atoms in total. The minimum atomic E-state index is -3.55. The van der Waals surface area contributed by atoms with Crippen LogP contribution in [-0.2, 0) is 35.7 Å². The number of amides is 1. The van der Waals surface area contributed by atoms with Gasteiger partial charge in [-0.1, -0.05) is 23.7 Å². The summed E-state index contributed by atoms with van der Waals surface area (Å²) in [5.41, 5.74) is 0.748. The van der Waals surface area contributed by atoms with E-state index < -0.39 is 38.6 Å². The SMILES string of the molecule is CS(=O)(=O)c1cccc(Cc2cc(F)ccc2OCC(=O)N[S+](C)(=O)O)c1Cl. The van der Waals surface area contributed by atoms with E-state index in [1.54, 1.807) is 6.07 Å². The van der Waals surface area contributed by atoms with E-state index in [0.29, 0.717) is 11.1 Å². The second kappa shape index (κ2) is 8.56. The Morgan fingerprint density at radius 3 is 2.57 bits per heavy atom. The van der Waals surface area contributed by atoms with Gasteiger partial charge in [0.05, 0.1) is 9.92 Å². The summed E-state index contributed by atoms with van der Waals surface area (Å²) in [6.07, 6.45) is 2.01. The molecule has 28 heavy (non-hydrogen) atoms. The molecule has 11 heteroatoms. The second-order valence-corrected chi connectivity index (χ2v) is 10.2. The maximum atomic E-state index is 13.7. The molecule has 0 bridgehead atoms. The lowest BCUT2D eigenvalue weighted by molar-refractivity contribution is -0.121. The predicted octanol–water partition coefficient (Wildman–Crippen LogP) is 2.49. The quantitative estimate of drug-likeness (QED) is 0.627. The van der Waals surface area contributed by atoms with Gasteiger partial charge in [-0.05, 0) is 34.0 Å². The van der Waals surface area contributed by atoms with Gasteiger partial charge in [0.1, 0.15) is 11.6 Å². The van der Waals surface area contributed by atoms with Gasteiger partial charge in [-0.15, -0.1) is 4.72 Å². The van der Waals surface area contributed by atoms with Gasteiger partial charge in [0.2, 0.25) is 0 Å². The number of sulfone groups is 1. The maximum absolute atomic E-state index is 13.7. The third-order valence-corrected chi connectivity index (χ3v) is 5.81. The standard InChI is InChI=1S/C17H17ClFNO6S2/c1-27(22,23)15-5-3-4-11(17(15)18)8-12-9-13(19)6-7-14(12)26-10-16(21)20-28(2,24)25/h3-7,9H,8,10H2,1-2H3,(H-,20,21,24,25)/p+1. The minimum Gasteiger partial charge on any atom is -0.483 e. The second-order valence-electron chi connectivity index (χ2n) is 6.05. The van der Waals surface area contributed by atoms with Crippen LogP contribution in [0.5, 0.6) is 5.75 Å². The number of hydrogen-bond acceptors (Lipinski definition) is 5. The van der Waals surface area contributed by atoms with E-state index in [1.165, 1.54) is 24.3 Å². The van der Waals surface area contributed by atoms with Crippen molar-refractivity contribution in [1.82, 2.24) is 4.72 Å².